The lowest BCUT2D eigenvalue weighted by Crippen LogP contribution is -2.23. The molecule has 0 aliphatic carbocycles. The van der Waals surface area contributed by atoms with E-state index in [1.54, 1.807) is 25.1 Å². The molecular weight excluding hydrogens is 427 g/mol. The van der Waals surface area contributed by atoms with Crippen LogP contribution >= 0.6 is 11.8 Å². The molecule has 0 spiro atoms. The minimum Gasteiger partial charge on any atom is -0.507 e. The van der Waals surface area contributed by atoms with Gasteiger partial charge in [0.15, 0.2) is 0 Å². The van der Waals surface area contributed by atoms with Crippen molar-refractivity contribution in [3.63, 3.8) is 0 Å². The number of hydrogen-bond acceptors (Lipinski definition) is 5. The van der Waals surface area contributed by atoms with Crippen LogP contribution in [0.1, 0.15) is 35.0 Å². The van der Waals surface area contributed by atoms with E-state index in [2.05, 4.69) is 18.0 Å². The van der Waals surface area contributed by atoms with E-state index in [0.717, 1.165) is 46.8 Å². The molecule has 1 aromatic heterocycles. The molecule has 7 heteroatoms. The van der Waals surface area contributed by atoms with Crippen LogP contribution in [0.15, 0.2) is 47.4 Å². The topological polar surface area (TPSA) is 54.7 Å². The Kier molecular flexibility index (Phi) is 6.58. The Balaban J connectivity index is 1.78. The van der Waals surface area contributed by atoms with E-state index in [1.165, 1.54) is 23.9 Å². The van der Waals surface area contributed by atoms with Crippen molar-refractivity contribution in [3.05, 3.63) is 65.1 Å². The predicted octanol–water partition coefficient (Wildman–Crippen LogP) is 5.21. The Morgan fingerprint density at radius 3 is 2.62 bits per heavy atom. The molecule has 4 rings (SSSR count). The highest BCUT2D eigenvalue weighted by Gasteiger charge is 2.25. The molecule has 3 aromatic rings. The Labute approximate surface area is 191 Å². The summed E-state index contributed by atoms with van der Waals surface area (Å²) in [7, 11) is 4.00. The summed E-state index contributed by atoms with van der Waals surface area (Å²) in [6, 6.07) is 9.95. The van der Waals surface area contributed by atoms with Gasteiger partial charge in [-0.05, 0) is 62.4 Å². The number of likely N-dealkylation sites (N-methyl/N-ethyl adjacent to an activating group) is 1. The average Bonchev–Trinajstić information content (AvgIpc) is 3.04. The quantitative estimate of drug-likeness (QED) is 0.409. The van der Waals surface area contributed by atoms with Crippen molar-refractivity contribution in [2.45, 2.75) is 24.0 Å². The van der Waals surface area contributed by atoms with Gasteiger partial charge in [0, 0.05) is 52.9 Å². The molecule has 1 aliphatic heterocycles. The van der Waals surface area contributed by atoms with Crippen LogP contribution in [0.3, 0.4) is 0 Å². The first-order valence-corrected chi connectivity index (χ1v) is 11.6. The lowest BCUT2D eigenvalue weighted by Gasteiger charge is -2.22. The number of halogens is 1. The minimum atomic E-state index is -0.404. The van der Waals surface area contributed by atoms with Crippen molar-refractivity contribution < 1.29 is 19.0 Å². The summed E-state index contributed by atoms with van der Waals surface area (Å²) >= 11 is 1.52. The van der Waals surface area contributed by atoms with Gasteiger partial charge in [-0.25, -0.2) is 9.18 Å². The summed E-state index contributed by atoms with van der Waals surface area (Å²) in [5, 5.41) is 11.5. The number of hydrogen-bond donors (Lipinski definition) is 1. The second-order valence-corrected chi connectivity index (χ2v) is 9.02. The van der Waals surface area contributed by atoms with Crippen molar-refractivity contribution in [1.82, 2.24) is 9.47 Å². The first kappa shape index (κ1) is 22.4. The standard InChI is InChI=1S/C25H27FN2O3S/c1-4-31-25(30)24-20-14-23(29)19(16-9-11-27(2)12-10-16)13-21(20)28(3)22(24)15-32-18-7-5-17(26)6-8-18/h5-9,13-14,29H,4,10-12,15H2,1-3H3. The van der Waals surface area contributed by atoms with Crippen molar-refractivity contribution in [1.29, 1.82) is 0 Å². The monoisotopic (exact) mass is 454 g/mol. The molecule has 0 amide bonds. The van der Waals surface area contributed by atoms with Gasteiger partial charge in [0.2, 0.25) is 0 Å². The molecule has 0 atom stereocenters. The largest absolute Gasteiger partial charge is 0.507 e. The minimum absolute atomic E-state index is 0.169. The van der Waals surface area contributed by atoms with Crippen LogP contribution in [-0.2, 0) is 17.5 Å². The van der Waals surface area contributed by atoms with Gasteiger partial charge in [-0.15, -0.1) is 11.8 Å². The average molecular weight is 455 g/mol. The Morgan fingerprint density at radius 2 is 1.97 bits per heavy atom. The van der Waals surface area contributed by atoms with E-state index in [4.69, 9.17) is 4.74 Å². The molecule has 0 unspecified atom stereocenters. The smallest absolute Gasteiger partial charge is 0.340 e. The third-order valence-corrected chi connectivity index (χ3v) is 6.89. The van der Waals surface area contributed by atoms with Crippen molar-refractivity contribution in [3.8, 4) is 5.75 Å². The number of benzene rings is 2. The normalized spacial score (nSPS) is 14.6. The molecule has 5 nitrogen and oxygen atoms in total. The molecule has 168 valence electrons. The second-order valence-electron chi connectivity index (χ2n) is 7.97. The van der Waals surface area contributed by atoms with Gasteiger partial charge in [-0.2, -0.15) is 0 Å². The molecule has 0 saturated carbocycles. The molecule has 2 aromatic carbocycles. The van der Waals surface area contributed by atoms with E-state index in [0.29, 0.717) is 16.7 Å². The number of nitrogens with zero attached hydrogens (tertiary/aromatic N) is 2. The van der Waals surface area contributed by atoms with Gasteiger partial charge in [-0.3, -0.25) is 0 Å². The van der Waals surface area contributed by atoms with Gasteiger partial charge in [0.1, 0.15) is 11.6 Å². The van der Waals surface area contributed by atoms with Gasteiger partial charge in [0.25, 0.3) is 0 Å². The van der Waals surface area contributed by atoms with Crippen LogP contribution in [0.4, 0.5) is 4.39 Å². The zero-order valence-corrected chi connectivity index (χ0v) is 19.3. The number of phenolic OH excluding ortho intramolecular Hbond substituents is 1. The lowest BCUT2D eigenvalue weighted by molar-refractivity contribution is 0.0527. The summed E-state index contributed by atoms with van der Waals surface area (Å²) in [5.41, 5.74) is 4.07. The first-order valence-electron chi connectivity index (χ1n) is 10.7. The van der Waals surface area contributed by atoms with E-state index in [-0.39, 0.29) is 18.2 Å². The molecule has 0 fully saturated rings. The number of aromatic hydroxyl groups is 1. The van der Waals surface area contributed by atoms with Crippen LogP contribution in [0.5, 0.6) is 5.75 Å². The van der Waals surface area contributed by atoms with Crippen LogP contribution in [0.25, 0.3) is 16.5 Å². The molecule has 0 saturated heterocycles. The number of aryl methyl sites for hydroxylation is 1. The molecule has 2 heterocycles. The predicted molar refractivity (Wildman–Crippen MR) is 127 cm³/mol. The van der Waals surface area contributed by atoms with E-state index in [9.17, 15) is 14.3 Å². The van der Waals surface area contributed by atoms with Gasteiger partial charge in [0.05, 0.1) is 12.2 Å². The number of fused-ring (bicyclic) bond motifs is 1. The number of phenols is 1. The fourth-order valence-corrected chi connectivity index (χ4v) is 5.05. The zero-order chi connectivity index (χ0) is 22.8. The highest BCUT2D eigenvalue weighted by molar-refractivity contribution is 7.98. The maximum atomic E-state index is 13.3. The van der Waals surface area contributed by atoms with Crippen LogP contribution < -0.4 is 0 Å². The molecule has 0 bridgehead atoms. The highest BCUT2D eigenvalue weighted by Crippen LogP contribution is 2.38. The van der Waals surface area contributed by atoms with Gasteiger partial charge >= 0.3 is 5.97 Å². The Morgan fingerprint density at radius 1 is 1.22 bits per heavy atom. The molecule has 1 N–H and O–H groups in total. The van der Waals surface area contributed by atoms with Gasteiger partial charge in [-0.1, -0.05) is 6.08 Å². The number of esters is 1. The number of carbonyl (C=O) groups is 1. The number of thioether (sulfide) groups is 1. The SMILES string of the molecule is CCOC(=O)c1c(CSc2ccc(F)cc2)n(C)c2cc(C3=CCN(C)CC3)c(O)cc12. The van der Waals surface area contributed by atoms with Gasteiger partial charge < -0.3 is 19.3 Å². The number of rotatable bonds is 6. The van der Waals surface area contributed by atoms with E-state index < -0.39 is 5.97 Å². The van der Waals surface area contributed by atoms with Crippen LogP contribution in [-0.4, -0.2) is 47.3 Å². The lowest BCUT2D eigenvalue weighted by atomic mass is 9.97. The van der Waals surface area contributed by atoms with E-state index in [1.807, 2.05) is 17.7 Å². The highest BCUT2D eigenvalue weighted by atomic mass is 32.2. The third kappa shape index (κ3) is 4.40. The summed E-state index contributed by atoms with van der Waals surface area (Å²) in [6.07, 6.45) is 3.00. The molecule has 0 radical (unpaired) electrons. The van der Waals surface area contributed by atoms with Crippen LogP contribution in [0, 0.1) is 5.82 Å². The summed E-state index contributed by atoms with van der Waals surface area (Å²) in [6.45, 7) is 3.82. The Hall–Kier alpha value is -2.77. The first-order chi connectivity index (χ1) is 15.4. The number of carbonyl (C=O) groups excluding carboxylic acids is 1. The van der Waals surface area contributed by atoms with Crippen LogP contribution in [0.2, 0.25) is 0 Å². The van der Waals surface area contributed by atoms with Crippen molar-refractivity contribution >= 4 is 34.2 Å². The zero-order valence-electron chi connectivity index (χ0n) is 18.5. The second kappa shape index (κ2) is 9.38. The van der Waals surface area contributed by atoms with Crippen molar-refractivity contribution in [2.75, 3.05) is 26.7 Å². The summed E-state index contributed by atoms with van der Waals surface area (Å²) < 4.78 is 20.6. The van der Waals surface area contributed by atoms with E-state index >= 15 is 0 Å². The third-order valence-electron chi connectivity index (χ3n) is 5.87. The maximum Gasteiger partial charge on any atom is 0.340 e. The summed E-state index contributed by atoms with van der Waals surface area (Å²) in [5.74, 6) is -0.00723. The number of ether oxygens (including phenoxy) is 1. The Bertz CT molecular complexity index is 1180. The molecular formula is C25H27FN2O3S. The molecule has 32 heavy (non-hydrogen) atoms. The fraction of sp³-hybridized carbons (Fsp3) is 0.320. The number of aromatic nitrogens is 1. The maximum absolute atomic E-state index is 13.3. The fourth-order valence-electron chi connectivity index (χ4n) is 4.08. The summed E-state index contributed by atoms with van der Waals surface area (Å²) in [4.78, 5) is 16.0. The molecule has 1 aliphatic rings. The van der Waals surface area contributed by atoms with Crippen molar-refractivity contribution in [2.24, 2.45) is 7.05 Å².